The fourth-order valence-electron chi connectivity index (χ4n) is 2.13. The van der Waals surface area contributed by atoms with Crippen molar-refractivity contribution in [2.75, 3.05) is 0 Å². The van der Waals surface area contributed by atoms with E-state index in [1.807, 2.05) is 6.92 Å². The van der Waals surface area contributed by atoms with Crippen molar-refractivity contribution in [2.45, 2.75) is 45.1 Å². The van der Waals surface area contributed by atoms with Crippen LogP contribution in [0.5, 0.6) is 0 Å². The maximum absolute atomic E-state index is 11.7. The van der Waals surface area contributed by atoms with Crippen LogP contribution in [0.1, 0.15) is 31.7 Å². The van der Waals surface area contributed by atoms with Gasteiger partial charge in [-0.05, 0) is 13.3 Å². The zero-order valence-corrected chi connectivity index (χ0v) is 9.84. The predicted molar refractivity (Wildman–Crippen MR) is 60.9 cm³/mol. The maximum Gasteiger partial charge on any atom is 0.330 e. The van der Waals surface area contributed by atoms with Crippen LogP contribution in [0.15, 0.2) is 15.7 Å². The Morgan fingerprint density at radius 1 is 1.59 bits per heavy atom. The van der Waals surface area contributed by atoms with Gasteiger partial charge in [-0.3, -0.25) is 4.79 Å². The number of hydrogen-bond donors (Lipinski definition) is 2. The number of hydrogen-bond acceptors (Lipinski definition) is 4. The number of H-pyrrole nitrogens is 1. The van der Waals surface area contributed by atoms with Crippen molar-refractivity contribution >= 4 is 0 Å². The van der Waals surface area contributed by atoms with Crippen LogP contribution in [0.25, 0.3) is 0 Å². The fourth-order valence-corrected chi connectivity index (χ4v) is 2.13. The lowest BCUT2D eigenvalue weighted by Crippen LogP contribution is -2.38. The molecule has 2 rings (SSSR count). The van der Waals surface area contributed by atoms with Crippen molar-refractivity contribution in [2.24, 2.45) is 0 Å². The lowest BCUT2D eigenvalue weighted by atomic mass is 10.1. The number of ether oxygens (including phenoxy) is 1. The zero-order chi connectivity index (χ0) is 12.6. The number of aryl methyl sites for hydroxylation is 1. The van der Waals surface area contributed by atoms with Gasteiger partial charge in [0.1, 0.15) is 6.23 Å². The smallest absolute Gasteiger partial charge is 0.330 e. The molecule has 0 radical (unpaired) electrons. The molecule has 6 nitrogen and oxygen atoms in total. The quantitative estimate of drug-likeness (QED) is 0.756. The van der Waals surface area contributed by atoms with Crippen LogP contribution in [-0.2, 0) is 4.74 Å². The molecule has 6 heteroatoms. The number of aromatic amines is 1. The molecule has 0 spiro atoms. The Morgan fingerprint density at radius 3 is 2.82 bits per heavy atom. The Kier molecular flexibility index (Phi) is 3.17. The highest BCUT2D eigenvalue weighted by Gasteiger charge is 2.34. The molecule has 0 bridgehead atoms. The highest BCUT2D eigenvalue weighted by molar-refractivity contribution is 4.98. The first-order valence-corrected chi connectivity index (χ1v) is 5.69. The molecule has 0 aromatic carbocycles. The minimum Gasteiger partial charge on any atom is -0.390 e. The molecule has 1 saturated heterocycles. The number of aliphatic hydroxyl groups is 1. The number of rotatable bonds is 2. The topological polar surface area (TPSA) is 84.3 Å². The van der Waals surface area contributed by atoms with Gasteiger partial charge in [0.2, 0.25) is 0 Å². The van der Waals surface area contributed by atoms with Crippen molar-refractivity contribution in [3.05, 3.63) is 32.6 Å². The highest BCUT2D eigenvalue weighted by Crippen LogP contribution is 2.28. The summed E-state index contributed by atoms with van der Waals surface area (Å²) < 4.78 is 6.52. The third kappa shape index (κ3) is 2.18. The van der Waals surface area contributed by atoms with Gasteiger partial charge in [-0.1, -0.05) is 6.92 Å². The maximum atomic E-state index is 11.7. The second kappa shape index (κ2) is 4.46. The summed E-state index contributed by atoms with van der Waals surface area (Å²) in [6, 6.07) is 1.34. The summed E-state index contributed by atoms with van der Waals surface area (Å²) in [5.74, 6) is 0. The van der Waals surface area contributed by atoms with E-state index in [0.29, 0.717) is 12.1 Å². The Morgan fingerprint density at radius 2 is 2.29 bits per heavy atom. The van der Waals surface area contributed by atoms with E-state index in [4.69, 9.17) is 4.74 Å². The summed E-state index contributed by atoms with van der Waals surface area (Å²) in [6.45, 7) is 3.53. The van der Waals surface area contributed by atoms with E-state index in [2.05, 4.69) is 4.98 Å². The second-order valence-electron chi connectivity index (χ2n) is 4.31. The Balaban J connectivity index is 2.37. The molecule has 2 heterocycles. The Labute approximate surface area is 97.9 Å². The standard InChI is InChI=1S/C11H16N2O4/c1-3-8-7(14)5-10(17-8)13-9(15)4-6(2)12-11(13)16/h4,7-8,10,14H,3,5H2,1-2H3,(H,12,16)/t7?,8-,10+/m1/s1. The molecule has 1 aromatic rings. The van der Waals surface area contributed by atoms with Gasteiger partial charge < -0.3 is 14.8 Å². The van der Waals surface area contributed by atoms with E-state index >= 15 is 0 Å². The van der Waals surface area contributed by atoms with Crippen molar-refractivity contribution in [3.8, 4) is 0 Å². The molecular formula is C11H16N2O4. The predicted octanol–water partition coefficient (Wildman–Crippen LogP) is -0.0966. The molecule has 94 valence electrons. The second-order valence-corrected chi connectivity index (χ2v) is 4.31. The molecule has 1 aliphatic heterocycles. The van der Waals surface area contributed by atoms with Crippen molar-refractivity contribution < 1.29 is 9.84 Å². The monoisotopic (exact) mass is 240 g/mol. The summed E-state index contributed by atoms with van der Waals surface area (Å²) in [5.41, 5.74) is -0.383. The molecule has 1 unspecified atom stereocenters. The van der Waals surface area contributed by atoms with Gasteiger partial charge in [0.05, 0.1) is 12.2 Å². The van der Waals surface area contributed by atoms with E-state index in [1.165, 1.54) is 6.07 Å². The van der Waals surface area contributed by atoms with E-state index in [9.17, 15) is 14.7 Å². The summed E-state index contributed by atoms with van der Waals surface area (Å²) in [5, 5.41) is 9.70. The van der Waals surface area contributed by atoms with Crippen LogP contribution in [-0.4, -0.2) is 26.9 Å². The van der Waals surface area contributed by atoms with E-state index < -0.39 is 23.6 Å². The summed E-state index contributed by atoms with van der Waals surface area (Å²) >= 11 is 0. The summed E-state index contributed by atoms with van der Waals surface area (Å²) in [6.07, 6.45) is -0.696. The van der Waals surface area contributed by atoms with Crippen LogP contribution in [0.4, 0.5) is 0 Å². The van der Waals surface area contributed by atoms with Crippen molar-refractivity contribution in [1.82, 2.24) is 9.55 Å². The molecule has 1 aliphatic rings. The number of aliphatic hydroxyl groups excluding tert-OH is 1. The van der Waals surface area contributed by atoms with Gasteiger partial charge in [0.15, 0.2) is 0 Å². The lowest BCUT2D eigenvalue weighted by Gasteiger charge is -2.13. The van der Waals surface area contributed by atoms with Gasteiger partial charge >= 0.3 is 5.69 Å². The van der Waals surface area contributed by atoms with Crippen LogP contribution >= 0.6 is 0 Å². The first-order chi connectivity index (χ1) is 8.02. The normalized spacial score (nSPS) is 28.5. The van der Waals surface area contributed by atoms with Crippen LogP contribution in [0.2, 0.25) is 0 Å². The van der Waals surface area contributed by atoms with E-state index in [1.54, 1.807) is 6.92 Å². The number of nitrogens with zero attached hydrogens (tertiary/aromatic N) is 1. The first-order valence-electron chi connectivity index (χ1n) is 5.69. The SMILES string of the molecule is CC[C@H]1O[C@H](n2c(=O)cc(C)[nH]c2=O)CC1O. The molecule has 3 atom stereocenters. The van der Waals surface area contributed by atoms with E-state index in [-0.39, 0.29) is 12.5 Å². The molecular weight excluding hydrogens is 224 g/mol. The Bertz CT molecular complexity index is 488. The van der Waals surface area contributed by atoms with Crippen molar-refractivity contribution in [3.63, 3.8) is 0 Å². The molecule has 1 aromatic heterocycles. The van der Waals surface area contributed by atoms with E-state index in [0.717, 1.165) is 4.57 Å². The molecule has 1 fully saturated rings. The average Bonchev–Trinajstić information content (AvgIpc) is 2.57. The minimum absolute atomic E-state index is 0.268. The van der Waals surface area contributed by atoms with Gasteiger partial charge in [-0.25, -0.2) is 9.36 Å². The zero-order valence-electron chi connectivity index (χ0n) is 9.84. The van der Waals surface area contributed by atoms with Crippen LogP contribution in [0.3, 0.4) is 0 Å². The van der Waals surface area contributed by atoms with Gasteiger partial charge in [0, 0.05) is 18.2 Å². The molecule has 0 amide bonds. The number of aromatic nitrogens is 2. The molecule has 0 aliphatic carbocycles. The molecule has 17 heavy (non-hydrogen) atoms. The van der Waals surface area contributed by atoms with Crippen LogP contribution in [0, 0.1) is 6.92 Å². The fraction of sp³-hybridized carbons (Fsp3) is 0.636. The largest absolute Gasteiger partial charge is 0.390 e. The van der Waals surface area contributed by atoms with Crippen LogP contribution < -0.4 is 11.2 Å². The Hall–Kier alpha value is -1.40. The third-order valence-corrected chi connectivity index (χ3v) is 2.99. The highest BCUT2D eigenvalue weighted by atomic mass is 16.5. The van der Waals surface area contributed by atoms with Gasteiger partial charge in [-0.2, -0.15) is 0 Å². The first kappa shape index (κ1) is 12.1. The molecule has 0 saturated carbocycles. The number of nitrogens with one attached hydrogen (secondary N) is 1. The van der Waals surface area contributed by atoms with Gasteiger partial charge in [-0.15, -0.1) is 0 Å². The lowest BCUT2D eigenvalue weighted by molar-refractivity contribution is -0.0230. The average molecular weight is 240 g/mol. The third-order valence-electron chi connectivity index (χ3n) is 2.99. The summed E-state index contributed by atoms with van der Waals surface area (Å²) in [4.78, 5) is 26.0. The van der Waals surface area contributed by atoms with Gasteiger partial charge in [0.25, 0.3) is 5.56 Å². The van der Waals surface area contributed by atoms with Crippen molar-refractivity contribution in [1.29, 1.82) is 0 Å². The molecule has 2 N–H and O–H groups in total. The minimum atomic E-state index is -0.674. The summed E-state index contributed by atoms with van der Waals surface area (Å²) in [7, 11) is 0.